The second kappa shape index (κ2) is 7.73. The van der Waals surface area contributed by atoms with Crippen molar-refractivity contribution in [3.05, 3.63) is 64.6 Å². The van der Waals surface area contributed by atoms with E-state index in [1.165, 1.54) is 49.6 Å². The summed E-state index contributed by atoms with van der Waals surface area (Å²) < 4.78 is 43.3. The summed E-state index contributed by atoms with van der Waals surface area (Å²) in [6.07, 6.45) is 3.82. The number of nitrogens with zero attached hydrogens (tertiary/aromatic N) is 2. The lowest BCUT2D eigenvalue weighted by Crippen LogP contribution is -2.04. The Bertz CT molecular complexity index is 1200. The number of halogens is 2. The van der Waals surface area contributed by atoms with Crippen molar-refractivity contribution in [2.24, 2.45) is 0 Å². The maximum atomic E-state index is 13.3. The van der Waals surface area contributed by atoms with Crippen LogP contribution in [0.15, 0.2) is 47.4 Å². The summed E-state index contributed by atoms with van der Waals surface area (Å²) in [7, 11) is -2.16. The van der Waals surface area contributed by atoms with E-state index >= 15 is 0 Å². The van der Waals surface area contributed by atoms with Gasteiger partial charge < -0.3 is 4.74 Å². The van der Waals surface area contributed by atoms with Crippen molar-refractivity contribution in [2.75, 3.05) is 13.4 Å². The number of rotatable bonds is 5. The van der Waals surface area contributed by atoms with Crippen LogP contribution in [0.5, 0.6) is 0 Å². The minimum Gasteiger partial charge on any atom is -0.466 e. The van der Waals surface area contributed by atoms with Gasteiger partial charge in [-0.2, -0.15) is 5.10 Å². The van der Waals surface area contributed by atoms with Crippen molar-refractivity contribution in [3.63, 3.8) is 0 Å². The molecule has 0 saturated carbocycles. The maximum absolute atomic E-state index is 13.3. The van der Waals surface area contributed by atoms with Crippen LogP contribution in [0.1, 0.15) is 11.3 Å². The van der Waals surface area contributed by atoms with Gasteiger partial charge in [0.1, 0.15) is 5.82 Å². The molecular formula is C19H16ClFN2O4S. The lowest BCUT2D eigenvalue weighted by molar-refractivity contribution is -0.134. The first-order valence-electron chi connectivity index (χ1n) is 8.09. The van der Waals surface area contributed by atoms with Gasteiger partial charge >= 0.3 is 5.97 Å². The standard InChI is InChI=1S/C19H16ClFN2O4S/c1-27-19(24)8-7-17-15-6-5-14(28(2,25)26)10-18(15)23(22-17)11-12-3-4-13(21)9-16(12)20/h3-10H,11H2,1-2H3. The van der Waals surface area contributed by atoms with Gasteiger partial charge in [-0.3, -0.25) is 4.68 Å². The number of benzene rings is 2. The average molecular weight is 423 g/mol. The lowest BCUT2D eigenvalue weighted by Gasteiger charge is -2.07. The number of hydrogen-bond donors (Lipinski definition) is 0. The highest BCUT2D eigenvalue weighted by Gasteiger charge is 2.15. The van der Waals surface area contributed by atoms with Crippen LogP contribution in [0, 0.1) is 5.82 Å². The Labute approximate surface area is 166 Å². The first kappa shape index (κ1) is 20.0. The third kappa shape index (κ3) is 4.23. The summed E-state index contributed by atoms with van der Waals surface area (Å²) in [4.78, 5) is 11.5. The summed E-state index contributed by atoms with van der Waals surface area (Å²) in [6, 6.07) is 8.62. The van der Waals surface area contributed by atoms with Crippen LogP contribution < -0.4 is 0 Å². The summed E-state index contributed by atoms with van der Waals surface area (Å²) in [5.41, 5.74) is 1.60. The Balaban J connectivity index is 2.15. The molecule has 0 saturated heterocycles. The molecule has 0 unspecified atom stereocenters. The number of esters is 1. The van der Waals surface area contributed by atoms with Crippen molar-refractivity contribution in [1.29, 1.82) is 0 Å². The van der Waals surface area contributed by atoms with E-state index in [0.717, 1.165) is 6.26 Å². The molecule has 6 nitrogen and oxygen atoms in total. The summed E-state index contributed by atoms with van der Waals surface area (Å²) in [5, 5.41) is 5.33. The van der Waals surface area contributed by atoms with E-state index in [0.29, 0.717) is 22.2 Å². The van der Waals surface area contributed by atoms with Crippen molar-refractivity contribution in [3.8, 4) is 0 Å². The predicted octanol–water partition coefficient (Wildman–Crippen LogP) is 3.47. The van der Waals surface area contributed by atoms with Gasteiger partial charge in [-0.05, 0) is 42.0 Å². The number of fused-ring (bicyclic) bond motifs is 1. The minimum absolute atomic E-state index is 0.134. The highest BCUT2D eigenvalue weighted by Crippen LogP contribution is 2.26. The molecular weight excluding hydrogens is 407 g/mol. The van der Waals surface area contributed by atoms with Gasteiger partial charge in [0.25, 0.3) is 0 Å². The van der Waals surface area contributed by atoms with Crippen molar-refractivity contribution >= 4 is 44.4 Å². The summed E-state index contributed by atoms with van der Waals surface area (Å²) in [5.74, 6) is -1.00. The zero-order chi connectivity index (χ0) is 20.5. The maximum Gasteiger partial charge on any atom is 0.330 e. The van der Waals surface area contributed by atoms with Crippen molar-refractivity contribution < 1.29 is 22.3 Å². The fourth-order valence-corrected chi connectivity index (χ4v) is 3.55. The normalized spacial score (nSPS) is 12.0. The third-order valence-corrected chi connectivity index (χ3v) is 5.56. The number of ether oxygens (including phenoxy) is 1. The molecule has 0 fully saturated rings. The number of methoxy groups -OCH3 is 1. The molecule has 0 aliphatic heterocycles. The Morgan fingerprint density at radius 1 is 1.29 bits per heavy atom. The molecule has 9 heteroatoms. The molecule has 0 N–H and O–H groups in total. The SMILES string of the molecule is COC(=O)C=Cc1nn(Cc2ccc(F)cc2Cl)c2cc(S(C)(=O)=O)ccc12. The number of carbonyl (C=O) groups excluding carboxylic acids is 1. The molecule has 3 aromatic rings. The first-order chi connectivity index (χ1) is 13.2. The molecule has 0 aliphatic rings. The fourth-order valence-electron chi connectivity index (χ4n) is 2.68. The van der Waals surface area contributed by atoms with Gasteiger partial charge in [-0.1, -0.05) is 17.7 Å². The van der Waals surface area contributed by atoms with Crippen LogP contribution in [-0.2, 0) is 25.9 Å². The molecule has 1 heterocycles. The molecule has 2 aromatic carbocycles. The van der Waals surface area contributed by atoms with E-state index in [1.807, 2.05) is 0 Å². The Kier molecular flexibility index (Phi) is 5.53. The molecule has 0 radical (unpaired) electrons. The number of aromatic nitrogens is 2. The van der Waals surface area contributed by atoms with Crippen LogP contribution in [0.3, 0.4) is 0 Å². The Morgan fingerprint density at radius 3 is 2.68 bits per heavy atom. The summed E-state index contributed by atoms with van der Waals surface area (Å²) >= 11 is 6.11. The van der Waals surface area contributed by atoms with Crippen molar-refractivity contribution in [2.45, 2.75) is 11.4 Å². The van der Waals surface area contributed by atoms with E-state index < -0.39 is 21.6 Å². The van der Waals surface area contributed by atoms with Crippen LogP contribution in [0.4, 0.5) is 4.39 Å². The monoisotopic (exact) mass is 422 g/mol. The lowest BCUT2D eigenvalue weighted by atomic mass is 10.2. The molecule has 0 bridgehead atoms. The zero-order valence-corrected chi connectivity index (χ0v) is 16.6. The Hall–Kier alpha value is -2.71. The Morgan fingerprint density at radius 2 is 2.04 bits per heavy atom. The zero-order valence-electron chi connectivity index (χ0n) is 15.0. The molecule has 1 aromatic heterocycles. The van der Waals surface area contributed by atoms with Gasteiger partial charge in [0.15, 0.2) is 9.84 Å². The largest absolute Gasteiger partial charge is 0.466 e. The number of carbonyl (C=O) groups is 1. The van der Waals surface area contributed by atoms with Gasteiger partial charge in [0.05, 0.1) is 29.8 Å². The van der Waals surface area contributed by atoms with Gasteiger partial charge in [0, 0.05) is 22.7 Å². The average Bonchev–Trinajstić information content (AvgIpc) is 2.98. The molecule has 0 amide bonds. The second-order valence-electron chi connectivity index (χ2n) is 6.09. The minimum atomic E-state index is -3.43. The summed E-state index contributed by atoms with van der Waals surface area (Å²) in [6.45, 7) is 0.189. The van der Waals surface area contributed by atoms with Gasteiger partial charge in [-0.25, -0.2) is 17.6 Å². The van der Waals surface area contributed by atoms with Crippen molar-refractivity contribution in [1.82, 2.24) is 9.78 Å². The number of hydrogen-bond acceptors (Lipinski definition) is 5. The van der Waals surface area contributed by atoms with Gasteiger partial charge in [-0.15, -0.1) is 0 Å². The van der Waals surface area contributed by atoms with E-state index in [9.17, 15) is 17.6 Å². The topological polar surface area (TPSA) is 78.3 Å². The molecule has 0 spiro atoms. The smallest absolute Gasteiger partial charge is 0.330 e. The van der Waals surface area contributed by atoms with Crippen LogP contribution >= 0.6 is 11.6 Å². The quantitative estimate of drug-likeness (QED) is 0.464. The first-order valence-corrected chi connectivity index (χ1v) is 10.4. The third-order valence-electron chi connectivity index (χ3n) is 4.09. The molecule has 28 heavy (non-hydrogen) atoms. The second-order valence-corrected chi connectivity index (χ2v) is 8.51. The van der Waals surface area contributed by atoms with E-state index in [4.69, 9.17) is 11.6 Å². The van der Waals surface area contributed by atoms with Crippen LogP contribution in [0.25, 0.3) is 17.0 Å². The van der Waals surface area contributed by atoms with Crippen LogP contribution in [0.2, 0.25) is 5.02 Å². The highest BCUT2D eigenvalue weighted by molar-refractivity contribution is 7.90. The molecule has 146 valence electrons. The molecule has 3 rings (SSSR count). The van der Waals surface area contributed by atoms with Gasteiger partial charge in [0.2, 0.25) is 0 Å². The van der Waals surface area contributed by atoms with E-state index in [-0.39, 0.29) is 16.5 Å². The molecule has 0 aliphatic carbocycles. The predicted molar refractivity (Wildman–Crippen MR) is 104 cm³/mol. The highest BCUT2D eigenvalue weighted by atomic mass is 35.5. The molecule has 0 atom stereocenters. The van der Waals surface area contributed by atoms with E-state index in [2.05, 4.69) is 9.84 Å². The van der Waals surface area contributed by atoms with E-state index in [1.54, 1.807) is 10.7 Å². The fraction of sp³-hybridized carbons (Fsp3) is 0.158. The van der Waals surface area contributed by atoms with Crippen LogP contribution in [-0.4, -0.2) is 37.5 Å². The number of sulfone groups is 1.